The normalized spacial score (nSPS) is 14.5. The molecular weight excluding hydrogens is 894 g/mol. The van der Waals surface area contributed by atoms with Crippen LogP contribution in [-0.2, 0) is 32.7 Å². The van der Waals surface area contributed by atoms with E-state index < -0.39 is 32.5 Å². The van der Waals surface area contributed by atoms with Crippen LogP contribution in [0.25, 0.3) is 0 Å². The molecule has 0 aliphatic carbocycles. The molecule has 0 radical (unpaired) electrons. The number of phosphoric acid groups is 1. The van der Waals surface area contributed by atoms with Crippen molar-refractivity contribution in [3.05, 3.63) is 146 Å². The quantitative estimate of drug-likeness (QED) is 0.0195. The van der Waals surface area contributed by atoms with Crippen LogP contribution in [0.3, 0.4) is 0 Å². The second-order valence-electron chi connectivity index (χ2n) is 18.2. The number of carbonyl (C=O) groups excluding carboxylic acids is 2. The molecule has 0 amide bonds. The maximum Gasteiger partial charge on any atom is 0.306 e. The molecule has 0 aliphatic rings. The Morgan fingerprint density at radius 2 is 0.814 bits per heavy atom. The summed E-state index contributed by atoms with van der Waals surface area (Å²) in [5.41, 5.74) is 0. The molecule has 2 atom stereocenters. The Kier molecular flexibility index (Phi) is 46.9. The number of phosphoric ester groups is 1. The summed E-state index contributed by atoms with van der Waals surface area (Å²) in [6, 6.07) is 0. The van der Waals surface area contributed by atoms with Gasteiger partial charge in [0.25, 0.3) is 7.82 Å². The molecule has 0 saturated heterocycles. The number of esters is 2. The molecule has 0 aromatic rings. The molecule has 70 heavy (non-hydrogen) atoms. The summed E-state index contributed by atoms with van der Waals surface area (Å²) in [6.07, 6.45) is 73.9. The standard InChI is InChI=1S/C60H96NO8P/c1-6-8-10-12-13-14-15-16-17-18-19-20-21-22-23-24-25-26-27-28-29-30-31-32-33-34-35-36-37-38-39-40-41-42-43-44-45-46-47-49-51-53-60(63)69-58(56-66-59(62)52-50-48-11-9-7-2)57-68-70(64,65)67-55-54-61(3,4)5/h8,10,13-14,16-17,19-20,22-23,25-26,28-29,31-32,34-35,37-38,40-41,43-44,58H,6-7,9,11-12,15,18,21,24,27,30,33,36,39,42,45-57H2,1-5H3/b10-8-,14-13-,17-16-,20-19-,23-22-,26-25-,29-28-,32-31-,35-34-,38-37-,41-40-,44-43-. The first-order valence-corrected chi connectivity index (χ1v) is 28.0. The van der Waals surface area contributed by atoms with Crippen LogP contribution in [0.2, 0.25) is 0 Å². The van der Waals surface area contributed by atoms with Crippen molar-refractivity contribution in [2.75, 3.05) is 47.5 Å². The minimum atomic E-state index is -4.63. The van der Waals surface area contributed by atoms with Gasteiger partial charge in [-0.25, -0.2) is 0 Å². The summed E-state index contributed by atoms with van der Waals surface area (Å²) in [7, 11) is 1.12. The average molecular weight is 990 g/mol. The fourth-order valence-electron chi connectivity index (χ4n) is 6.28. The van der Waals surface area contributed by atoms with Crippen LogP contribution in [0.1, 0.15) is 168 Å². The Balaban J connectivity index is 4.07. The van der Waals surface area contributed by atoms with E-state index in [0.29, 0.717) is 23.9 Å². The minimum Gasteiger partial charge on any atom is -0.756 e. The van der Waals surface area contributed by atoms with Crippen LogP contribution < -0.4 is 4.89 Å². The molecular formula is C60H96NO8P. The summed E-state index contributed by atoms with van der Waals surface area (Å²) in [4.78, 5) is 37.3. The highest BCUT2D eigenvalue weighted by molar-refractivity contribution is 7.45. The SMILES string of the molecule is CC/C=C\C/C=C\C/C=C\C/C=C\C/C=C\C/C=C\C/C=C\C/C=C\C/C=C\C/C=C\C/C=C\C/C=C\CCCCCCC(=O)OC(COC(=O)CCCCCCC)COP(=O)([O-])OCC[N+](C)(C)C. The third kappa shape index (κ3) is 53.2. The molecule has 0 aromatic carbocycles. The lowest BCUT2D eigenvalue weighted by Gasteiger charge is -2.28. The molecule has 394 valence electrons. The lowest BCUT2D eigenvalue weighted by atomic mass is 10.1. The topological polar surface area (TPSA) is 111 Å². The Morgan fingerprint density at radius 1 is 0.457 bits per heavy atom. The third-order valence-corrected chi connectivity index (χ3v) is 11.3. The number of ether oxygens (including phenoxy) is 2. The molecule has 0 rings (SSSR count). The molecule has 0 heterocycles. The Morgan fingerprint density at radius 3 is 1.20 bits per heavy atom. The molecule has 0 aromatic heterocycles. The van der Waals surface area contributed by atoms with Crippen molar-refractivity contribution in [2.24, 2.45) is 0 Å². The second-order valence-corrected chi connectivity index (χ2v) is 19.6. The summed E-state index contributed by atoms with van der Waals surface area (Å²) in [6.45, 7) is 3.94. The second kappa shape index (κ2) is 49.9. The fraction of sp³-hybridized carbons (Fsp3) is 0.567. The molecule has 0 aliphatic heterocycles. The van der Waals surface area contributed by atoms with Gasteiger partial charge < -0.3 is 27.9 Å². The third-order valence-electron chi connectivity index (χ3n) is 10.4. The van der Waals surface area contributed by atoms with Crippen LogP contribution in [0.5, 0.6) is 0 Å². The van der Waals surface area contributed by atoms with Crippen molar-refractivity contribution in [1.82, 2.24) is 0 Å². The van der Waals surface area contributed by atoms with Crippen LogP contribution >= 0.6 is 7.82 Å². The predicted molar refractivity (Wildman–Crippen MR) is 295 cm³/mol. The van der Waals surface area contributed by atoms with Crippen LogP contribution in [0, 0.1) is 0 Å². The van der Waals surface area contributed by atoms with E-state index in [1.165, 1.54) is 0 Å². The Hall–Kier alpha value is -4.11. The molecule has 0 bridgehead atoms. The average Bonchev–Trinajstić information content (AvgIpc) is 3.32. The van der Waals surface area contributed by atoms with Gasteiger partial charge >= 0.3 is 11.9 Å². The van der Waals surface area contributed by atoms with Crippen molar-refractivity contribution in [1.29, 1.82) is 0 Å². The predicted octanol–water partition coefficient (Wildman–Crippen LogP) is 15.7. The summed E-state index contributed by atoms with van der Waals surface area (Å²) < 4.78 is 33.7. The molecule has 2 unspecified atom stereocenters. The zero-order chi connectivity index (χ0) is 51.3. The maximum atomic E-state index is 12.6. The first kappa shape index (κ1) is 65.9. The highest BCUT2D eigenvalue weighted by Crippen LogP contribution is 2.38. The zero-order valence-corrected chi connectivity index (χ0v) is 45.3. The van der Waals surface area contributed by atoms with Gasteiger partial charge in [0, 0.05) is 12.8 Å². The van der Waals surface area contributed by atoms with Crippen LogP contribution in [0.4, 0.5) is 0 Å². The smallest absolute Gasteiger partial charge is 0.306 e. The number of unbranched alkanes of at least 4 members (excludes halogenated alkanes) is 8. The van der Waals surface area contributed by atoms with Crippen LogP contribution in [0.15, 0.2) is 146 Å². The maximum absolute atomic E-state index is 12.6. The van der Waals surface area contributed by atoms with Crippen molar-refractivity contribution < 1.29 is 42.1 Å². The van der Waals surface area contributed by atoms with Gasteiger partial charge in [-0.1, -0.05) is 198 Å². The van der Waals surface area contributed by atoms with E-state index in [0.717, 1.165) is 128 Å². The monoisotopic (exact) mass is 990 g/mol. The van der Waals surface area contributed by atoms with Gasteiger partial charge in [0.1, 0.15) is 19.8 Å². The Labute approximate surface area is 427 Å². The molecule has 10 heteroatoms. The number of allylic oxidation sites excluding steroid dienone is 24. The Bertz CT molecular complexity index is 1690. The van der Waals surface area contributed by atoms with E-state index in [2.05, 4.69) is 160 Å². The number of hydrogen-bond donors (Lipinski definition) is 0. The highest BCUT2D eigenvalue weighted by Gasteiger charge is 2.21. The number of likely N-dealkylation sites (N-methyl/N-ethyl adjacent to an activating group) is 1. The molecule has 0 fully saturated rings. The van der Waals surface area contributed by atoms with Crippen molar-refractivity contribution in [2.45, 2.75) is 174 Å². The zero-order valence-electron chi connectivity index (χ0n) is 44.4. The van der Waals surface area contributed by atoms with E-state index >= 15 is 0 Å². The van der Waals surface area contributed by atoms with Gasteiger partial charge in [-0.05, 0) is 103 Å². The summed E-state index contributed by atoms with van der Waals surface area (Å²) in [5.74, 6) is -0.892. The first-order valence-electron chi connectivity index (χ1n) is 26.5. The van der Waals surface area contributed by atoms with E-state index in [1.807, 2.05) is 21.1 Å². The summed E-state index contributed by atoms with van der Waals surface area (Å²) in [5, 5.41) is 0. The highest BCUT2D eigenvalue weighted by atomic mass is 31.2. The van der Waals surface area contributed by atoms with Crippen molar-refractivity contribution in [3.8, 4) is 0 Å². The van der Waals surface area contributed by atoms with E-state index in [1.54, 1.807) is 0 Å². The van der Waals surface area contributed by atoms with Gasteiger partial charge in [-0.3, -0.25) is 14.2 Å². The molecule has 0 saturated carbocycles. The lowest BCUT2D eigenvalue weighted by Crippen LogP contribution is -2.37. The van der Waals surface area contributed by atoms with Crippen molar-refractivity contribution >= 4 is 19.8 Å². The largest absolute Gasteiger partial charge is 0.756 e. The summed E-state index contributed by atoms with van der Waals surface area (Å²) >= 11 is 0. The fourth-order valence-corrected chi connectivity index (χ4v) is 7.01. The van der Waals surface area contributed by atoms with Gasteiger partial charge in [-0.2, -0.15) is 0 Å². The number of hydrogen-bond acceptors (Lipinski definition) is 8. The van der Waals surface area contributed by atoms with Gasteiger partial charge in [0.2, 0.25) is 0 Å². The number of nitrogens with zero attached hydrogens (tertiary/aromatic N) is 1. The molecule has 9 nitrogen and oxygen atoms in total. The minimum absolute atomic E-state index is 0.0433. The lowest BCUT2D eigenvalue weighted by molar-refractivity contribution is -0.870. The molecule has 0 N–H and O–H groups in total. The van der Waals surface area contributed by atoms with Gasteiger partial charge in [-0.15, -0.1) is 0 Å². The molecule has 0 spiro atoms. The van der Waals surface area contributed by atoms with Crippen LogP contribution in [-0.4, -0.2) is 70.0 Å². The van der Waals surface area contributed by atoms with E-state index in [4.69, 9.17) is 18.5 Å². The van der Waals surface area contributed by atoms with Crippen molar-refractivity contribution in [3.63, 3.8) is 0 Å². The van der Waals surface area contributed by atoms with E-state index in [-0.39, 0.29) is 26.1 Å². The van der Waals surface area contributed by atoms with E-state index in [9.17, 15) is 19.0 Å². The number of carbonyl (C=O) groups is 2. The first-order chi connectivity index (χ1) is 34.0. The number of quaternary nitrogens is 1. The van der Waals surface area contributed by atoms with Gasteiger partial charge in [0.15, 0.2) is 6.10 Å². The van der Waals surface area contributed by atoms with Gasteiger partial charge in [0.05, 0.1) is 27.7 Å². The number of rotatable bonds is 46.